The molecular formula is C12H14F3N3OS. The standard InChI is InChI=1S/C12H14F3N3OS/c1-6-7(2)20-11-9(6)10(16)17-8(18-11)3-4-19-5-12(13,14)15/h3-5H2,1-2H3,(H2,16,17,18). The highest BCUT2D eigenvalue weighted by Gasteiger charge is 2.27. The molecule has 2 rings (SSSR count). The van der Waals surface area contributed by atoms with Crippen molar-refractivity contribution < 1.29 is 17.9 Å². The summed E-state index contributed by atoms with van der Waals surface area (Å²) in [5, 5.41) is 0.826. The molecular weight excluding hydrogens is 291 g/mol. The zero-order valence-corrected chi connectivity index (χ0v) is 11.9. The molecule has 110 valence electrons. The van der Waals surface area contributed by atoms with Crippen LogP contribution in [0, 0.1) is 13.8 Å². The molecule has 0 spiro atoms. The highest BCUT2D eigenvalue weighted by Crippen LogP contribution is 2.31. The van der Waals surface area contributed by atoms with Crippen molar-refractivity contribution in [3.8, 4) is 0 Å². The topological polar surface area (TPSA) is 61.0 Å². The minimum atomic E-state index is -4.31. The van der Waals surface area contributed by atoms with Crippen LogP contribution in [0.25, 0.3) is 10.2 Å². The number of nitrogens with two attached hydrogens (primary N) is 1. The molecule has 0 aliphatic rings. The molecule has 0 unspecified atom stereocenters. The Bertz CT molecular complexity index is 624. The third-order valence-electron chi connectivity index (χ3n) is 2.84. The zero-order valence-electron chi connectivity index (χ0n) is 11.0. The van der Waals surface area contributed by atoms with E-state index in [4.69, 9.17) is 5.73 Å². The van der Waals surface area contributed by atoms with Gasteiger partial charge in [-0.2, -0.15) is 13.2 Å². The minimum Gasteiger partial charge on any atom is -0.383 e. The van der Waals surface area contributed by atoms with Gasteiger partial charge in [0.15, 0.2) is 0 Å². The third-order valence-corrected chi connectivity index (χ3v) is 3.94. The van der Waals surface area contributed by atoms with Crippen LogP contribution >= 0.6 is 11.3 Å². The minimum absolute atomic E-state index is 0.0895. The molecule has 2 heterocycles. The van der Waals surface area contributed by atoms with Gasteiger partial charge in [0.05, 0.1) is 12.0 Å². The van der Waals surface area contributed by atoms with Gasteiger partial charge in [-0.3, -0.25) is 0 Å². The number of aromatic nitrogens is 2. The van der Waals surface area contributed by atoms with Gasteiger partial charge in [0.1, 0.15) is 23.1 Å². The number of aryl methyl sites for hydroxylation is 2. The number of alkyl halides is 3. The average Bonchev–Trinajstić information content (AvgIpc) is 2.60. The van der Waals surface area contributed by atoms with Gasteiger partial charge in [-0.25, -0.2) is 9.97 Å². The molecule has 0 aliphatic carbocycles. The summed E-state index contributed by atoms with van der Waals surface area (Å²) in [5.74, 6) is 0.765. The summed E-state index contributed by atoms with van der Waals surface area (Å²) >= 11 is 1.50. The molecule has 4 nitrogen and oxygen atoms in total. The molecule has 0 saturated carbocycles. The Morgan fingerprint density at radius 2 is 1.95 bits per heavy atom. The first-order valence-corrected chi connectivity index (χ1v) is 6.76. The number of ether oxygens (including phenoxy) is 1. The lowest BCUT2D eigenvalue weighted by Crippen LogP contribution is -2.18. The first-order chi connectivity index (χ1) is 9.28. The summed E-state index contributed by atoms with van der Waals surface area (Å²) in [4.78, 5) is 10.3. The second-order valence-electron chi connectivity index (χ2n) is 4.41. The van der Waals surface area contributed by atoms with Crippen molar-refractivity contribution >= 4 is 27.4 Å². The summed E-state index contributed by atoms with van der Waals surface area (Å²) in [6, 6.07) is 0. The highest BCUT2D eigenvalue weighted by molar-refractivity contribution is 7.18. The van der Waals surface area contributed by atoms with Crippen LogP contribution in [-0.2, 0) is 11.2 Å². The van der Waals surface area contributed by atoms with Crippen LogP contribution in [0.5, 0.6) is 0 Å². The third kappa shape index (κ3) is 3.37. The largest absolute Gasteiger partial charge is 0.411 e. The van der Waals surface area contributed by atoms with E-state index in [0.717, 1.165) is 20.7 Å². The molecule has 2 aromatic heterocycles. The number of anilines is 1. The second-order valence-corrected chi connectivity index (χ2v) is 5.61. The van der Waals surface area contributed by atoms with E-state index in [1.807, 2.05) is 13.8 Å². The Morgan fingerprint density at radius 3 is 2.60 bits per heavy atom. The maximum absolute atomic E-state index is 11.9. The van der Waals surface area contributed by atoms with E-state index < -0.39 is 12.8 Å². The number of nitrogens with zero attached hydrogens (tertiary/aromatic N) is 2. The van der Waals surface area contributed by atoms with Crippen molar-refractivity contribution in [2.45, 2.75) is 26.4 Å². The number of thiophene rings is 1. The molecule has 20 heavy (non-hydrogen) atoms. The van der Waals surface area contributed by atoms with Crippen molar-refractivity contribution in [2.24, 2.45) is 0 Å². The van der Waals surface area contributed by atoms with Gasteiger partial charge >= 0.3 is 6.18 Å². The van der Waals surface area contributed by atoms with Crippen LogP contribution in [0.3, 0.4) is 0 Å². The Labute approximate surface area is 117 Å². The van der Waals surface area contributed by atoms with Crippen LogP contribution in [0.15, 0.2) is 0 Å². The molecule has 0 atom stereocenters. The second kappa shape index (κ2) is 5.53. The molecule has 0 bridgehead atoms. The van der Waals surface area contributed by atoms with E-state index in [1.165, 1.54) is 11.3 Å². The first-order valence-electron chi connectivity index (χ1n) is 5.94. The van der Waals surface area contributed by atoms with Gasteiger partial charge in [0.25, 0.3) is 0 Å². The fraction of sp³-hybridized carbons (Fsp3) is 0.500. The van der Waals surface area contributed by atoms with E-state index in [1.54, 1.807) is 0 Å². The summed E-state index contributed by atoms with van der Waals surface area (Å²) in [5.41, 5.74) is 6.92. The summed E-state index contributed by atoms with van der Waals surface area (Å²) in [6.07, 6.45) is -4.11. The Morgan fingerprint density at radius 1 is 1.25 bits per heavy atom. The van der Waals surface area contributed by atoms with E-state index in [0.29, 0.717) is 11.6 Å². The van der Waals surface area contributed by atoms with Crippen molar-refractivity contribution in [1.82, 2.24) is 9.97 Å². The Kier molecular flexibility index (Phi) is 4.14. The van der Waals surface area contributed by atoms with E-state index in [-0.39, 0.29) is 13.0 Å². The van der Waals surface area contributed by atoms with Crippen molar-refractivity contribution in [1.29, 1.82) is 0 Å². The van der Waals surface area contributed by atoms with Crippen molar-refractivity contribution in [3.63, 3.8) is 0 Å². The van der Waals surface area contributed by atoms with Gasteiger partial charge in [-0.05, 0) is 19.4 Å². The van der Waals surface area contributed by atoms with E-state index in [9.17, 15) is 13.2 Å². The molecule has 2 aromatic rings. The van der Waals surface area contributed by atoms with Gasteiger partial charge in [-0.1, -0.05) is 0 Å². The van der Waals surface area contributed by atoms with Crippen LogP contribution < -0.4 is 5.73 Å². The number of hydrogen-bond donors (Lipinski definition) is 1. The maximum atomic E-state index is 11.9. The quantitative estimate of drug-likeness (QED) is 0.882. The Balaban J connectivity index is 2.08. The number of rotatable bonds is 4. The molecule has 0 aromatic carbocycles. The summed E-state index contributed by atoms with van der Waals surface area (Å²) < 4.78 is 40.3. The molecule has 0 aliphatic heterocycles. The Hall–Kier alpha value is -1.41. The normalized spacial score (nSPS) is 12.2. The monoisotopic (exact) mass is 305 g/mol. The number of fused-ring (bicyclic) bond motifs is 1. The van der Waals surface area contributed by atoms with Crippen LogP contribution in [-0.4, -0.2) is 29.4 Å². The molecule has 0 radical (unpaired) electrons. The van der Waals surface area contributed by atoms with Crippen molar-refractivity contribution in [3.05, 3.63) is 16.3 Å². The average molecular weight is 305 g/mol. The highest BCUT2D eigenvalue weighted by atomic mass is 32.1. The predicted molar refractivity (Wildman–Crippen MR) is 71.9 cm³/mol. The number of halogens is 3. The summed E-state index contributed by atoms with van der Waals surface area (Å²) in [7, 11) is 0. The fourth-order valence-electron chi connectivity index (χ4n) is 1.79. The molecule has 2 N–H and O–H groups in total. The van der Waals surface area contributed by atoms with Crippen LogP contribution in [0.2, 0.25) is 0 Å². The SMILES string of the molecule is Cc1sc2nc(CCOCC(F)(F)F)nc(N)c2c1C. The van der Waals surface area contributed by atoms with Gasteiger partial charge in [-0.15, -0.1) is 11.3 Å². The maximum Gasteiger partial charge on any atom is 0.411 e. The lowest BCUT2D eigenvalue weighted by atomic mass is 10.2. The molecule has 0 saturated heterocycles. The van der Waals surface area contributed by atoms with Crippen LogP contribution in [0.4, 0.5) is 19.0 Å². The smallest absolute Gasteiger partial charge is 0.383 e. The molecule has 0 amide bonds. The molecule has 0 fully saturated rings. The lowest BCUT2D eigenvalue weighted by Gasteiger charge is -2.07. The van der Waals surface area contributed by atoms with Crippen LogP contribution in [0.1, 0.15) is 16.3 Å². The fourth-order valence-corrected chi connectivity index (χ4v) is 2.85. The van der Waals surface area contributed by atoms with E-state index >= 15 is 0 Å². The lowest BCUT2D eigenvalue weighted by molar-refractivity contribution is -0.173. The van der Waals surface area contributed by atoms with Gasteiger partial charge < -0.3 is 10.5 Å². The number of nitrogen functional groups attached to an aromatic ring is 1. The molecule has 8 heteroatoms. The van der Waals surface area contributed by atoms with Gasteiger partial charge in [0, 0.05) is 11.3 Å². The zero-order chi connectivity index (χ0) is 14.9. The number of hydrogen-bond acceptors (Lipinski definition) is 5. The van der Waals surface area contributed by atoms with Gasteiger partial charge in [0.2, 0.25) is 0 Å². The summed E-state index contributed by atoms with van der Waals surface area (Å²) in [6.45, 7) is 2.56. The van der Waals surface area contributed by atoms with E-state index in [2.05, 4.69) is 14.7 Å². The van der Waals surface area contributed by atoms with Crippen molar-refractivity contribution in [2.75, 3.05) is 18.9 Å². The predicted octanol–water partition coefficient (Wildman–Crippen LogP) is 3.01. The first kappa shape index (κ1) is 15.0.